The minimum atomic E-state index is -3.67. The predicted octanol–water partition coefficient (Wildman–Crippen LogP) is 1.30. The van der Waals surface area contributed by atoms with Gasteiger partial charge in [0.15, 0.2) is 0 Å². The molecule has 1 saturated carbocycles. The van der Waals surface area contributed by atoms with Gasteiger partial charge < -0.3 is 5.73 Å². The lowest BCUT2D eigenvalue weighted by Crippen LogP contribution is -2.53. The van der Waals surface area contributed by atoms with E-state index in [1.165, 1.54) is 28.6 Å². The van der Waals surface area contributed by atoms with Gasteiger partial charge in [-0.25, -0.2) is 21.6 Å². The molecular formula is C16H26ClN3O4S2. The number of nitrogens with two attached hydrogens (primary N) is 1. The van der Waals surface area contributed by atoms with Gasteiger partial charge in [0, 0.05) is 25.2 Å². The van der Waals surface area contributed by atoms with E-state index in [-0.39, 0.29) is 39.7 Å². The second-order valence-electron chi connectivity index (χ2n) is 7.59. The van der Waals surface area contributed by atoms with Crippen molar-refractivity contribution in [3.63, 3.8) is 0 Å². The molecule has 3 N–H and O–H groups in total. The average Bonchev–Trinajstić information content (AvgIpc) is 3.33. The van der Waals surface area contributed by atoms with Crippen LogP contribution in [0.3, 0.4) is 0 Å². The minimum absolute atomic E-state index is 0. The van der Waals surface area contributed by atoms with Gasteiger partial charge in [0.2, 0.25) is 20.0 Å². The summed E-state index contributed by atoms with van der Waals surface area (Å²) in [5.41, 5.74) is 5.77. The van der Waals surface area contributed by atoms with E-state index in [0.29, 0.717) is 19.5 Å². The van der Waals surface area contributed by atoms with Crippen LogP contribution in [0.25, 0.3) is 0 Å². The Labute approximate surface area is 161 Å². The Balaban J connectivity index is 0.00000243. The molecule has 1 aliphatic heterocycles. The highest BCUT2D eigenvalue weighted by Crippen LogP contribution is 2.31. The van der Waals surface area contributed by atoms with Gasteiger partial charge in [0.1, 0.15) is 0 Å². The first kappa shape index (κ1) is 21.6. The van der Waals surface area contributed by atoms with Crippen LogP contribution in [-0.2, 0) is 20.0 Å². The van der Waals surface area contributed by atoms with Crippen molar-refractivity contribution in [2.24, 2.45) is 11.1 Å². The van der Waals surface area contributed by atoms with Crippen molar-refractivity contribution in [3.8, 4) is 0 Å². The zero-order valence-electron chi connectivity index (χ0n) is 14.9. The van der Waals surface area contributed by atoms with Gasteiger partial charge in [0.25, 0.3) is 0 Å². The van der Waals surface area contributed by atoms with Gasteiger partial charge in [-0.05, 0) is 48.9 Å². The van der Waals surface area contributed by atoms with Crippen LogP contribution in [-0.4, -0.2) is 46.3 Å². The number of hydrogen-bond acceptors (Lipinski definition) is 5. The van der Waals surface area contributed by atoms with Crippen LogP contribution in [0.2, 0.25) is 0 Å². The minimum Gasteiger partial charge on any atom is -0.327 e. The number of nitrogens with zero attached hydrogens (tertiary/aromatic N) is 1. The maximum Gasteiger partial charge on any atom is 0.243 e. The molecule has 1 aliphatic carbocycles. The summed E-state index contributed by atoms with van der Waals surface area (Å²) < 4.78 is 54.1. The quantitative estimate of drug-likeness (QED) is 0.741. The molecule has 7 nitrogen and oxygen atoms in total. The summed E-state index contributed by atoms with van der Waals surface area (Å²) in [6.45, 7) is 4.63. The summed E-state index contributed by atoms with van der Waals surface area (Å²) in [6.07, 6.45) is 2.29. The molecule has 3 rings (SSSR count). The Kier molecular flexibility index (Phi) is 6.12. The molecule has 0 aromatic heterocycles. The van der Waals surface area contributed by atoms with Crippen LogP contribution < -0.4 is 10.5 Å². The number of benzene rings is 1. The highest BCUT2D eigenvalue weighted by atomic mass is 35.5. The standard InChI is InChI=1S/C16H25N3O4S2.ClH/c1-16(2)11-19(10-9-15(16)17)25(22,23)14-7-5-13(6-8-14)24(20,21)18-12-3-4-12;/h5-8,12,15,18H,3-4,9-11,17H2,1-2H3;1H. The second kappa shape index (κ2) is 7.37. The molecule has 0 bridgehead atoms. The topological polar surface area (TPSA) is 110 Å². The summed E-state index contributed by atoms with van der Waals surface area (Å²) in [6, 6.07) is 5.38. The summed E-state index contributed by atoms with van der Waals surface area (Å²) in [5, 5.41) is 0. The van der Waals surface area contributed by atoms with Crippen molar-refractivity contribution in [3.05, 3.63) is 24.3 Å². The zero-order chi connectivity index (χ0) is 18.5. The summed E-state index contributed by atoms with van der Waals surface area (Å²) >= 11 is 0. The van der Waals surface area contributed by atoms with E-state index in [1.54, 1.807) is 0 Å². The number of hydrogen-bond donors (Lipinski definition) is 2. The highest BCUT2D eigenvalue weighted by Gasteiger charge is 2.39. The summed E-state index contributed by atoms with van der Waals surface area (Å²) in [7, 11) is -7.25. The molecule has 0 amide bonds. The Morgan fingerprint density at radius 1 is 1.04 bits per heavy atom. The Bertz CT molecular complexity index is 850. The van der Waals surface area contributed by atoms with Gasteiger partial charge in [-0.2, -0.15) is 4.31 Å². The third kappa shape index (κ3) is 4.40. The molecular weight excluding hydrogens is 398 g/mol. The van der Waals surface area contributed by atoms with Crippen LogP contribution >= 0.6 is 12.4 Å². The number of halogens is 1. The molecule has 1 aromatic rings. The van der Waals surface area contributed by atoms with Gasteiger partial charge in [-0.15, -0.1) is 12.4 Å². The van der Waals surface area contributed by atoms with Crippen molar-refractivity contribution in [1.82, 2.24) is 9.03 Å². The number of sulfonamides is 2. The van der Waals surface area contributed by atoms with Crippen molar-refractivity contribution in [1.29, 1.82) is 0 Å². The van der Waals surface area contributed by atoms with Crippen molar-refractivity contribution in [2.45, 2.75) is 55.0 Å². The number of rotatable bonds is 5. The van der Waals surface area contributed by atoms with Crippen LogP contribution in [0.15, 0.2) is 34.1 Å². The van der Waals surface area contributed by atoms with E-state index in [1.807, 2.05) is 13.8 Å². The fourth-order valence-electron chi connectivity index (χ4n) is 2.96. The fraction of sp³-hybridized carbons (Fsp3) is 0.625. The molecule has 1 heterocycles. The predicted molar refractivity (Wildman–Crippen MR) is 102 cm³/mol. The largest absolute Gasteiger partial charge is 0.327 e. The first-order chi connectivity index (χ1) is 11.5. The first-order valence-corrected chi connectivity index (χ1v) is 11.3. The molecule has 10 heteroatoms. The van der Waals surface area contributed by atoms with Crippen molar-refractivity contribution >= 4 is 32.5 Å². The van der Waals surface area contributed by atoms with E-state index in [0.717, 1.165) is 12.8 Å². The summed E-state index contributed by atoms with van der Waals surface area (Å²) in [5.74, 6) is 0. The normalized spacial score (nSPS) is 24.0. The Hall–Kier alpha value is -0.710. The molecule has 2 fully saturated rings. The van der Waals surface area contributed by atoms with Crippen molar-refractivity contribution in [2.75, 3.05) is 13.1 Å². The molecule has 2 aliphatic rings. The van der Waals surface area contributed by atoms with E-state index >= 15 is 0 Å². The molecule has 0 radical (unpaired) electrons. The third-order valence-electron chi connectivity index (χ3n) is 4.95. The molecule has 0 spiro atoms. The van der Waals surface area contributed by atoms with E-state index in [4.69, 9.17) is 5.73 Å². The first-order valence-electron chi connectivity index (χ1n) is 8.40. The molecule has 26 heavy (non-hydrogen) atoms. The highest BCUT2D eigenvalue weighted by molar-refractivity contribution is 7.89. The lowest BCUT2D eigenvalue weighted by atomic mass is 9.81. The second-order valence-corrected chi connectivity index (χ2v) is 11.2. The average molecular weight is 424 g/mol. The third-order valence-corrected chi connectivity index (χ3v) is 8.34. The monoisotopic (exact) mass is 423 g/mol. The van der Waals surface area contributed by atoms with Gasteiger partial charge >= 0.3 is 0 Å². The van der Waals surface area contributed by atoms with Crippen LogP contribution in [0, 0.1) is 5.41 Å². The fourth-order valence-corrected chi connectivity index (χ4v) is 5.89. The Morgan fingerprint density at radius 2 is 1.58 bits per heavy atom. The van der Waals surface area contributed by atoms with Gasteiger partial charge in [-0.1, -0.05) is 13.8 Å². The molecule has 148 valence electrons. The molecule has 1 saturated heterocycles. The lowest BCUT2D eigenvalue weighted by molar-refractivity contribution is 0.155. The van der Waals surface area contributed by atoms with Crippen LogP contribution in [0.4, 0.5) is 0 Å². The number of piperidine rings is 1. The van der Waals surface area contributed by atoms with E-state index in [9.17, 15) is 16.8 Å². The molecule has 1 atom stereocenters. The maximum absolute atomic E-state index is 12.9. The molecule has 1 unspecified atom stereocenters. The maximum atomic E-state index is 12.9. The molecule has 1 aromatic carbocycles. The van der Waals surface area contributed by atoms with Crippen molar-refractivity contribution < 1.29 is 16.8 Å². The van der Waals surface area contributed by atoms with Crippen LogP contribution in [0.1, 0.15) is 33.1 Å². The number of nitrogens with one attached hydrogen (secondary N) is 1. The lowest BCUT2D eigenvalue weighted by Gasteiger charge is -2.41. The van der Waals surface area contributed by atoms with Crippen LogP contribution in [0.5, 0.6) is 0 Å². The van der Waals surface area contributed by atoms with E-state index in [2.05, 4.69) is 4.72 Å². The zero-order valence-corrected chi connectivity index (χ0v) is 17.3. The van der Waals surface area contributed by atoms with E-state index < -0.39 is 20.0 Å². The Morgan fingerprint density at radius 3 is 2.08 bits per heavy atom. The van der Waals surface area contributed by atoms with Gasteiger partial charge in [-0.3, -0.25) is 0 Å². The SMILES string of the molecule is CC1(C)CN(S(=O)(=O)c2ccc(S(=O)(=O)NC3CC3)cc2)CCC1N.Cl. The summed E-state index contributed by atoms with van der Waals surface area (Å²) in [4.78, 5) is 0.184. The van der Waals surface area contributed by atoms with Gasteiger partial charge in [0.05, 0.1) is 9.79 Å². The smallest absolute Gasteiger partial charge is 0.243 e.